The van der Waals surface area contributed by atoms with E-state index in [1.54, 1.807) is 4.57 Å². The average Bonchev–Trinajstić information content (AvgIpc) is 3.36. The van der Waals surface area contributed by atoms with E-state index in [0.717, 1.165) is 6.42 Å². The van der Waals surface area contributed by atoms with Gasteiger partial charge >= 0.3 is 0 Å². The fourth-order valence-corrected chi connectivity index (χ4v) is 5.69. The van der Waals surface area contributed by atoms with Crippen LogP contribution >= 0.6 is 11.6 Å². The molecule has 2 aromatic carbocycles. The van der Waals surface area contributed by atoms with E-state index in [1.165, 1.54) is 18.6 Å². The van der Waals surface area contributed by atoms with Gasteiger partial charge in [0.1, 0.15) is 29.4 Å². The van der Waals surface area contributed by atoms with Crippen LogP contribution in [0.3, 0.4) is 0 Å². The molecule has 2 atom stereocenters. The van der Waals surface area contributed by atoms with Gasteiger partial charge in [0.15, 0.2) is 5.43 Å². The van der Waals surface area contributed by atoms with Crippen molar-refractivity contribution in [2.75, 3.05) is 16.8 Å². The van der Waals surface area contributed by atoms with Crippen LogP contribution in [-0.2, 0) is 0 Å². The van der Waals surface area contributed by atoms with E-state index in [2.05, 4.69) is 20.3 Å². The zero-order valence-corrected chi connectivity index (χ0v) is 21.3. The first-order valence-electron chi connectivity index (χ1n) is 12.4. The fraction of sp³-hybridized carbons (Fsp3) is 0.214. The van der Waals surface area contributed by atoms with Crippen molar-refractivity contribution in [3.8, 4) is 5.69 Å². The van der Waals surface area contributed by atoms with Gasteiger partial charge in [-0.05, 0) is 38.0 Å². The van der Waals surface area contributed by atoms with E-state index >= 15 is 0 Å². The molecule has 1 aliphatic heterocycles. The highest BCUT2D eigenvalue weighted by atomic mass is 35.5. The van der Waals surface area contributed by atoms with Crippen molar-refractivity contribution in [1.82, 2.24) is 19.5 Å². The Morgan fingerprint density at radius 1 is 1.08 bits per heavy atom. The molecule has 9 nitrogen and oxygen atoms in total. The SMILES string of the molecule is C[C@H](Nc1ncnc2[nH]ccc(=O)c12)c1c(Cl)c2cccc(N3CCCC3O)c2c(=O)n1-c1ccccc1. The van der Waals surface area contributed by atoms with Gasteiger partial charge in [0.25, 0.3) is 5.56 Å². The number of aliphatic hydroxyl groups excluding tert-OH is 1. The van der Waals surface area contributed by atoms with E-state index in [4.69, 9.17) is 11.6 Å². The average molecular weight is 529 g/mol. The summed E-state index contributed by atoms with van der Waals surface area (Å²) in [4.78, 5) is 40.2. The Labute approximate surface area is 222 Å². The third kappa shape index (κ3) is 3.91. The van der Waals surface area contributed by atoms with Crippen molar-refractivity contribution < 1.29 is 5.11 Å². The minimum absolute atomic E-state index is 0.229. The number of aromatic amines is 1. The lowest BCUT2D eigenvalue weighted by molar-refractivity contribution is 0.186. The number of pyridine rings is 2. The van der Waals surface area contributed by atoms with E-state index < -0.39 is 12.3 Å². The van der Waals surface area contributed by atoms with Crippen molar-refractivity contribution >= 4 is 44.9 Å². The summed E-state index contributed by atoms with van der Waals surface area (Å²) in [5, 5.41) is 15.6. The molecule has 0 aliphatic carbocycles. The standard InChI is InChI=1S/C28H25ClN6O3/c1-16(33-27-23-20(36)12-13-30-26(23)31-15-32-27)25-24(29)18-9-5-10-19(34-14-6-11-21(34)37)22(18)28(38)35(25)17-7-3-2-4-8-17/h2-5,7-10,12-13,15-16,21,37H,6,11,14H2,1H3,(H2,30,31,32,33,36)/t16-,21?/m0/s1. The number of H-pyrrole nitrogens is 1. The van der Waals surface area contributed by atoms with Crippen LogP contribution in [0.25, 0.3) is 27.5 Å². The topological polar surface area (TPSA) is 116 Å². The second-order valence-corrected chi connectivity index (χ2v) is 9.72. The molecule has 1 unspecified atom stereocenters. The highest BCUT2D eigenvalue weighted by Gasteiger charge is 2.28. The van der Waals surface area contributed by atoms with E-state index in [9.17, 15) is 14.7 Å². The number of fused-ring (bicyclic) bond motifs is 2. The van der Waals surface area contributed by atoms with Gasteiger partial charge in [-0.15, -0.1) is 0 Å². The van der Waals surface area contributed by atoms with Crippen LogP contribution < -0.4 is 21.2 Å². The number of nitrogens with one attached hydrogen (secondary N) is 2. The van der Waals surface area contributed by atoms with Crippen LogP contribution in [0.15, 0.2) is 76.7 Å². The van der Waals surface area contributed by atoms with Gasteiger partial charge in [-0.3, -0.25) is 14.2 Å². The van der Waals surface area contributed by atoms with Crippen LogP contribution in [0.1, 0.15) is 31.5 Å². The van der Waals surface area contributed by atoms with Crippen LogP contribution in [0.5, 0.6) is 0 Å². The van der Waals surface area contributed by atoms with Crippen molar-refractivity contribution in [2.45, 2.75) is 32.0 Å². The Morgan fingerprint density at radius 2 is 1.89 bits per heavy atom. The lowest BCUT2D eigenvalue weighted by atomic mass is 10.0. The Balaban J connectivity index is 1.60. The van der Waals surface area contributed by atoms with E-state index in [-0.39, 0.29) is 11.0 Å². The molecule has 1 fully saturated rings. The number of para-hydroxylation sites is 1. The maximum atomic E-state index is 14.3. The maximum absolute atomic E-state index is 14.3. The Morgan fingerprint density at radius 3 is 2.66 bits per heavy atom. The number of nitrogens with zero attached hydrogens (tertiary/aromatic N) is 4. The lowest BCUT2D eigenvalue weighted by Crippen LogP contribution is -2.32. The second kappa shape index (κ2) is 9.59. The molecule has 1 aliphatic rings. The molecule has 1 saturated heterocycles. The number of hydrogen-bond acceptors (Lipinski definition) is 7. The number of anilines is 2. The monoisotopic (exact) mass is 528 g/mol. The third-order valence-corrected chi connectivity index (χ3v) is 7.42. The minimum Gasteiger partial charge on any atom is -0.374 e. The van der Waals surface area contributed by atoms with Crippen LogP contribution in [0.2, 0.25) is 5.02 Å². The fourth-order valence-electron chi connectivity index (χ4n) is 5.28. The van der Waals surface area contributed by atoms with Crippen molar-refractivity contribution in [3.63, 3.8) is 0 Å². The molecule has 3 N–H and O–H groups in total. The number of aliphatic hydroxyl groups is 1. The third-order valence-electron chi connectivity index (χ3n) is 7.02. The van der Waals surface area contributed by atoms with Gasteiger partial charge in [-0.1, -0.05) is 41.9 Å². The summed E-state index contributed by atoms with van der Waals surface area (Å²) in [6.07, 6.45) is 3.72. The Bertz CT molecular complexity index is 1780. The van der Waals surface area contributed by atoms with Crippen LogP contribution in [-0.4, -0.2) is 37.4 Å². The minimum atomic E-state index is -0.659. The first-order chi connectivity index (χ1) is 18.5. The van der Waals surface area contributed by atoms with Gasteiger partial charge in [-0.2, -0.15) is 0 Å². The van der Waals surface area contributed by atoms with Crippen LogP contribution in [0, 0.1) is 0 Å². The molecule has 0 radical (unpaired) electrons. The summed E-state index contributed by atoms with van der Waals surface area (Å²) in [7, 11) is 0. The highest BCUT2D eigenvalue weighted by Crippen LogP contribution is 2.37. The zero-order valence-electron chi connectivity index (χ0n) is 20.6. The molecule has 6 rings (SSSR count). The predicted molar refractivity (Wildman–Crippen MR) is 149 cm³/mol. The first kappa shape index (κ1) is 24.1. The van der Waals surface area contributed by atoms with Crippen molar-refractivity contribution in [1.29, 1.82) is 0 Å². The summed E-state index contributed by atoms with van der Waals surface area (Å²) in [6, 6.07) is 15.7. The number of benzene rings is 2. The van der Waals surface area contributed by atoms with Gasteiger partial charge in [0.05, 0.1) is 27.8 Å². The first-order valence-corrected chi connectivity index (χ1v) is 12.8. The number of rotatable bonds is 5. The smallest absolute Gasteiger partial charge is 0.265 e. The summed E-state index contributed by atoms with van der Waals surface area (Å²) < 4.78 is 1.60. The molecule has 0 amide bonds. The summed E-state index contributed by atoms with van der Waals surface area (Å²) >= 11 is 7.11. The molecule has 5 aromatic rings. The van der Waals surface area contributed by atoms with E-state index in [1.807, 2.05) is 60.4 Å². The molecule has 0 spiro atoms. The number of hydrogen-bond donors (Lipinski definition) is 3. The normalized spacial score (nSPS) is 16.3. The molecule has 38 heavy (non-hydrogen) atoms. The Hall–Kier alpha value is -4.21. The largest absolute Gasteiger partial charge is 0.374 e. The summed E-state index contributed by atoms with van der Waals surface area (Å²) in [5.41, 5.74) is 1.75. The van der Waals surface area contributed by atoms with E-state index in [0.29, 0.717) is 62.7 Å². The van der Waals surface area contributed by atoms with Crippen LogP contribution in [0.4, 0.5) is 11.5 Å². The molecule has 10 heteroatoms. The maximum Gasteiger partial charge on any atom is 0.265 e. The molecule has 0 bridgehead atoms. The molecule has 0 saturated carbocycles. The zero-order chi connectivity index (χ0) is 26.4. The van der Waals surface area contributed by atoms with Gasteiger partial charge in [0.2, 0.25) is 0 Å². The second-order valence-electron chi connectivity index (χ2n) is 9.35. The number of aromatic nitrogens is 4. The predicted octanol–water partition coefficient (Wildman–Crippen LogP) is 4.37. The summed E-state index contributed by atoms with van der Waals surface area (Å²) in [6.45, 7) is 2.52. The molecule has 192 valence electrons. The molecule has 3 aromatic heterocycles. The summed E-state index contributed by atoms with van der Waals surface area (Å²) in [5.74, 6) is 0.335. The molecule has 4 heterocycles. The van der Waals surface area contributed by atoms with Gasteiger partial charge in [0, 0.05) is 29.9 Å². The Kier molecular flexibility index (Phi) is 6.09. The van der Waals surface area contributed by atoms with Gasteiger partial charge < -0.3 is 20.3 Å². The van der Waals surface area contributed by atoms with Crippen molar-refractivity contribution in [2.24, 2.45) is 0 Å². The highest BCUT2D eigenvalue weighted by molar-refractivity contribution is 6.36. The quantitative estimate of drug-likeness (QED) is 0.310. The molecular formula is C28H25ClN6O3. The lowest BCUT2D eigenvalue weighted by Gasteiger charge is -2.27. The molecular weight excluding hydrogens is 504 g/mol. The van der Waals surface area contributed by atoms with Crippen molar-refractivity contribution in [3.05, 3.63) is 98.4 Å². The number of halogens is 1. The van der Waals surface area contributed by atoms with Gasteiger partial charge in [-0.25, -0.2) is 9.97 Å².